The highest BCUT2D eigenvalue weighted by atomic mass is 16.5. The zero-order valence-electron chi connectivity index (χ0n) is 19.6. The molecule has 10 heteroatoms. The van der Waals surface area contributed by atoms with Crippen molar-refractivity contribution in [1.29, 1.82) is 0 Å². The predicted molar refractivity (Wildman–Crippen MR) is 140 cm³/mol. The first-order valence-corrected chi connectivity index (χ1v) is 11.6. The lowest BCUT2D eigenvalue weighted by molar-refractivity contribution is -0.111. The van der Waals surface area contributed by atoms with Gasteiger partial charge in [0.2, 0.25) is 11.9 Å². The van der Waals surface area contributed by atoms with Crippen LogP contribution < -0.4 is 21.3 Å². The molecule has 10 nitrogen and oxygen atoms in total. The number of carbonyl (C=O) groups excluding carboxylic acids is 1. The number of morpholine rings is 1. The van der Waals surface area contributed by atoms with Crippen molar-refractivity contribution in [3.05, 3.63) is 73.7 Å². The minimum Gasteiger partial charge on any atom is -0.373 e. The van der Waals surface area contributed by atoms with Gasteiger partial charge < -0.3 is 26.0 Å². The highest BCUT2D eigenvalue weighted by molar-refractivity contribution is 5.99. The van der Waals surface area contributed by atoms with Gasteiger partial charge in [0.15, 0.2) is 0 Å². The van der Waals surface area contributed by atoms with Gasteiger partial charge in [0.25, 0.3) is 0 Å². The molecule has 36 heavy (non-hydrogen) atoms. The van der Waals surface area contributed by atoms with Crippen LogP contribution in [-0.4, -0.2) is 58.2 Å². The van der Waals surface area contributed by atoms with Gasteiger partial charge in [-0.25, -0.2) is 9.97 Å². The summed E-state index contributed by atoms with van der Waals surface area (Å²) in [6, 6.07) is 13.4. The molecule has 0 radical (unpaired) electrons. The molecule has 1 saturated heterocycles. The molecule has 4 N–H and O–H groups in total. The second-order valence-electron chi connectivity index (χ2n) is 8.26. The number of nitrogens with two attached hydrogens (primary N) is 1. The van der Waals surface area contributed by atoms with E-state index < -0.39 is 0 Å². The third-order valence-corrected chi connectivity index (χ3v) is 5.84. The van der Waals surface area contributed by atoms with Crippen LogP contribution in [0.2, 0.25) is 0 Å². The number of nitrogens with zero attached hydrogens (tertiary/aromatic N) is 5. The first-order chi connectivity index (χ1) is 17.6. The largest absolute Gasteiger partial charge is 0.373 e. The number of aromatic nitrogens is 4. The molecule has 0 spiro atoms. The Hall–Kier alpha value is -4.41. The number of ether oxygens (including phenoxy) is 1. The molecule has 1 aromatic carbocycles. The summed E-state index contributed by atoms with van der Waals surface area (Å²) in [6.45, 7) is 6.27. The van der Waals surface area contributed by atoms with Crippen molar-refractivity contribution in [2.75, 3.05) is 41.8 Å². The van der Waals surface area contributed by atoms with E-state index in [9.17, 15) is 4.79 Å². The SMILES string of the molecule is C=CC(=O)Nc1ccnc(-c2nccc3cnc(Nc4ccc(N5CCO[C@@H](CN)C5)cc4)nc23)c1. The molecule has 3 aromatic heterocycles. The fraction of sp³-hybridized carbons (Fsp3) is 0.192. The average molecular weight is 483 g/mol. The maximum absolute atomic E-state index is 11.7. The molecule has 5 rings (SSSR count). The molecule has 4 aromatic rings. The summed E-state index contributed by atoms with van der Waals surface area (Å²) in [7, 11) is 0. The van der Waals surface area contributed by atoms with Crippen LogP contribution in [0, 0.1) is 0 Å². The van der Waals surface area contributed by atoms with Crippen molar-refractivity contribution >= 4 is 39.8 Å². The smallest absolute Gasteiger partial charge is 0.247 e. The van der Waals surface area contributed by atoms with Crippen LogP contribution in [0.25, 0.3) is 22.3 Å². The van der Waals surface area contributed by atoms with Crippen molar-refractivity contribution in [2.24, 2.45) is 5.73 Å². The Bertz CT molecular complexity index is 1390. The van der Waals surface area contributed by atoms with Crippen molar-refractivity contribution in [3.63, 3.8) is 0 Å². The molecule has 1 aliphatic heterocycles. The maximum Gasteiger partial charge on any atom is 0.247 e. The molecule has 4 heterocycles. The minimum absolute atomic E-state index is 0.0544. The molecular formula is C26H26N8O2. The van der Waals surface area contributed by atoms with E-state index in [0.717, 1.165) is 29.9 Å². The molecule has 1 atom stereocenters. The number of pyridine rings is 2. The Morgan fingerprint density at radius 3 is 2.78 bits per heavy atom. The van der Waals surface area contributed by atoms with E-state index in [4.69, 9.17) is 15.5 Å². The second-order valence-corrected chi connectivity index (χ2v) is 8.26. The van der Waals surface area contributed by atoms with Gasteiger partial charge in [-0.15, -0.1) is 0 Å². The maximum atomic E-state index is 11.7. The van der Waals surface area contributed by atoms with Crippen molar-refractivity contribution in [2.45, 2.75) is 6.10 Å². The van der Waals surface area contributed by atoms with Crippen molar-refractivity contribution in [3.8, 4) is 11.4 Å². The average Bonchev–Trinajstić information content (AvgIpc) is 2.93. The molecular weight excluding hydrogens is 456 g/mol. The number of carbonyl (C=O) groups is 1. The molecule has 1 fully saturated rings. The highest BCUT2D eigenvalue weighted by Crippen LogP contribution is 2.27. The van der Waals surface area contributed by atoms with Gasteiger partial charge in [0.05, 0.1) is 18.4 Å². The van der Waals surface area contributed by atoms with Gasteiger partial charge in [-0.2, -0.15) is 0 Å². The number of nitrogens with one attached hydrogen (secondary N) is 2. The third-order valence-electron chi connectivity index (χ3n) is 5.84. The zero-order chi connectivity index (χ0) is 24.9. The normalized spacial score (nSPS) is 15.5. The second kappa shape index (κ2) is 10.5. The third kappa shape index (κ3) is 5.14. The molecule has 0 unspecified atom stereocenters. The van der Waals surface area contributed by atoms with Gasteiger partial charge in [-0.3, -0.25) is 14.8 Å². The van der Waals surface area contributed by atoms with E-state index in [0.29, 0.717) is 41.7 Å². The lowest BCUT2D eigenvalue weighted by Gasteiger charge is -2.34. The Kier molecular flexibility index (Phi) is 6.78. The van der Waals surface area contributed by atoms with E-state index in [1.54, 1.807) is 30.7 Å². The van der Waals surface area contributed by atoms with E-state index >= 15 is 0 Å². The minimum atomic E-state index is -0.300. The summed E-state index contributed by atoms with van der Waals surface area (Å²) in [5, 5.41) is 6.83. The fourth-order valence-electron chi connectivity index (χ4n) is 4.02. The van der Waals surface area contributed by atoms with Crippen molar-refractivity contribution in [1.82, 2.24) is 19.9 Å². The van der Waals surface area contributed by atoms with Crippen LogP contribution in [0.3, 0.4) is 0 Å². The number of hydrogen-bond donors (Lipinski definition) is 3. The number of rotatable bonds is 7. The summed E-state index contributed by atoms with van der Waals surface area (Å²) >= 11 is 0. The molecule has 0 bridgehead atoms. The Labute approximate surface area is 208 Å². The fourth-order valence-corrected chi connectivity index (χ4v) is 4.02. The number of benzene rings is 1. The number of amides is 1. The summed E-state index contributed by atoms with van der Waals surface area (Å²) < 4.78 is 5.66. The van der Waals surface area contributed by atoms with Crippen molar-refractivity contribution < 1.29 is 9.53 Å². The molecule has 0 saturated carbocycles. The van der Waals surface area contributed by atoms with Crippen LogP contribution in [0.5, 0.6) is 0 Å². The van der Waals surface area contributed by atoms with Gasteiger partial charge in [0.1, 0.15) is 11.2 Å². The first-order valence-electron chi connectivity index (χ1n) is 11.6. The van der Waals surface area contributed by atoms with E-state index in [-0.39, 0.29) is 12.0 Å². The quantitative estimate of drug-likeness (QED) is 0.340. The van der Waals surface area contributed by atoms with Gasteiger partial charge in [0, 0.05) is 60.7 Å². The standard InChI is InChI=1S/C26H26N8O2/c1-2-23(35)31-19-8-10-28-22(13-19)25-24-17(7-9-29-25)15-30-26(33-24)32-18-3-5-20(6-4-18)34-11-12-36-21(14-27)16-34/h2-10,13,15,21H,1,11-12,14,16,27H2,(H,28,31,35)(H,30,32,33)/t21-/m0/s1. The van der Waals surface area contributed by atoms with Crippen LogP contribution in [0.15, 0.2) is 73.7 Å². The monoisotopic (exact) mass is 482 g/mol. The Morgan fingerprint density at radius 2 is 1.97 bits per heavy atom. The number of anilines is 4. The van der Waals surface area contributed by atoms with Crippen LogP contribution in [0.4, 0.5) is 23.0 Å². The summed E-state index contributed by atoms with van der Waals surface area (Å²) in [6.07, 6.45) is 6.31. The topological polar surface area (TPSA) is 131 Å². The first kappa shape index (κ1) is 23.3. The van der Waals surface area contributed by atoms with E-state index in [2.05, 4.69) is 49.2 Å². The number of fused-ring (bicyclic) bond motifs is 1. The predicted octanol–water partition coefficient (Wildman–Crippen LogP) is 3.12. The van der Waals surface area contributed by atoms with Crippen LogP contribution in [-0.2, 0) is 9.53 Å². The molecule has 182 valence electrons. The van der Waals surface area contributed by atoms with Gasteiger partial charge >= 0.3 is 0 Å². The Morgan fingerprint density at radius 1 is 1.14 bits per heavy atom. The summed E-state index contributed by atoms with van der Waals surface area (Å²) in [5.41, 5.74) is 10.1. The lowest BCUT2D eigenvalue weighted by atomic mass is 10.1. The molecule has 0 aliphatic carbocycles. The molecule has 1 aliphatic rings. The van der Waals surface area contributed by atoms with E-state index in [1.807, 2.05) is 18.2 Å². The van der Waals surface area contributed by atoms with Crippen LogP contribution in [0.1, 0.15) is 0 Å². The summed E-state index contributed by atoms with van der Waals surface area (Å²) in [5.74, 6) is 0.140. The molecule has 1 amide bonds. The van der Waals surface area contributed by atoms with Crippen LogP contribution >= 0.6 is 0 Å². The van der Waals surface area contributed by atoms with Gasteiger partial charge in [-0.05, 0) is 48.5 Å². The highest BCUT2D eigenvalue weighted by Gasteiger charge is 2.19. The Balaban J connectivity index is 1.38. The summed E-state index contributed by atoms with van der Waals surface area (Å²) in [4.78, 5) is 32.1. The van der Waals surface area contributed by atoms with Gasteiger partial charge in [-0.1, -0.05) is 6.58 Å². The lowest BCUT2D eigenvalue weighted by Crippen LogP contribution is -2.45. The number of hydrogen-bond acceptors (Lipinski definition) is 9. The zero-order valence-corrected chi connectivity index (χ0v) is 19.6. The van der Waals surface area contributed by atoms with E-state index in [1.165, 1.54) is 6.08 Å².